The Bertz CT molecular complexity index is 6650. The van der Waals surface area contributed by atoms with Gasteiger partial charge in [-0.05, 0) is 110 Å². The highest BCUT2D eigenvalue weighted by molar-refractivity contribution is 6.50. The molecule has 3 aromatic carbocycles. The molecule has 0 bridgehead atoms. The minimum Gasteiger partial charge on any atom is -0.505 e. The fraction of sp³-hybridized carbons (Fsp3) is 0.258. The number of nitrogens with zero attached hydrogens (tertiary/aromatic N) is 18. The molecule has 696 valence electrons. The molecular weight excluding hydrogens is 1980 g/mol. The van der Waals surface area contributed by atoms with Crippen LogP contribution in [0.2, 0.25) is 55.2 Å². The second-order valence-corrected chi connectivity index (χ2v) is 36.3. The summed E-state index contributed by atoms with van der Waals surface area (Å²) in [7, 11) is 0. The van der Waals surface area contributed by atoms with E-state index in [0.29, 0.717) is 101 Å². The maximum atomic E-state index is 15.6. The van der Waals surface area contributed by atoms with Crippen LogP contribution in [0.15, 0.2) is 107 Å². The Morgan fingerprint density at radius 3 is 0.926 bits per heavy atom. The van der Waals surface area contributed by atoms with E-state index in [4.69, 9.17) is 138 Å². The number of benzene rings is 3. The summed E-state index contributed by atoms with van der Waals surface area (Å²) in [5.74, 6) is -9.09. The Kier molecular flexibility index (Phi) is 30.1. The third kappa shape index (κ3) is 18.0. The van der Waals surface area contributed by atoms with Crippen molar-refractivity contribution < 1.29 is 47.3 Å². The Morgan fingerprint density at radius 2 is 0.644 bits per heavy atom. The summed E-state index contributed by atoms with van der Waals surface area (Å²) < 4.78 is 64.7. The van der Waals surface area contributed by atoms with Gasteiger partial charge in [0.25, 0.3) is 16.7 Å². The second kappa shape index (κ2) is 40.5. The third-order valence-electron chi connectivity index (χ3n) is 23.0. The molecule has 0 aliphatic carbocycles. The number of phenolic OH excluding ortho intramolecular Hbond substituents is 3. The summed E-state index contributed by atoms with van der Waals surface area (Å²) in [5.41, 5.74) is 0.816. The predicted molar refractivity (Wildman–Crippen MR) is 519 cm³/mol. The molecule has 135 heavy (non-hydrogen) atoms. The van der Waals surface area contributed by atoms with Crippen LogP contribution < -0.4 is 31.4 Å². The number of anilines is 3. The van der Waals surface area contributed by atoms with Crippen LogP contribution in [0.5, 0.6) is 17.2 Å². The number of hydrogen-bond donors (Lipinski definition) is 3. The van der Waals surface area contributed by atoms with Crippen LogP contribution in [-0.2, 0) is 14.4 Å². The first-order chi connectivity index (χ1) is 64.0. The molecule has 42 heteroatoms. The highest BCUT2D eigenvalue weighted by atomic mass is 35.5. The zero-order valence-electron chi connectivity index (χ0n) is 72.8. The van der Waals surface area contributed by atoms with E-state index < -0.39 is 98.5 Å². The monoisotopic (exact) mass is 2050 g/mol. The van der Waals surface area contributed by atoms with Crippen molar-refractivity contribution in [3.05, 3.63) is 253 Å². The Morgan fingerprint density at radius 1 is 0.378 bits per heavy atom. The summed E-state index contributed by atoms with van der Waals surface area (Å²) in [6, 6.07) is 15.7. The lowest BCUT2D eigenvalue weighted by atomic mass is 10.0. The number of halogens is 15. The Labute approximate surface area is 823 Å². The van der Waals surface area contributed by atoms with Gasteiger partial charge in [0.05, 0.1) is 120 Å². The maximum absolute atomic E-state index is 15.6. The molecule has 15 rings (SSSR count). The number of pyridine rings is 9. The van der Waals surface area contributed by atoms with E-state index in [0.717, 1.165) is 0 Å². The van der Waals surface area contributed by atoms with Gasteiger partial charge in [-0.3, -0.25) is 57.4 Å². The van der Waals surface area contributed by atoms with Gasteiger partial charge in [-0.2, -0.15) is 15.8 Å². The number of carbonyl (C=O) groups excluding carboxylic acids is 3. The number of nitriles is 3. The van der Waals surface area contributed by atoms with Gasteiger partial charge in [-0.1, -0.05) is 189 Å². The minimum atomic E-state index is -1.37. The second-order valence-electron chi connectivity index (χ2n) is 32.0. The van der Waals surface area contributed by atoms with Crippen LogP contribution in [0.3, 0.4) is 0 Å². The van der Waals surface area contributed by atoms with E-state index in [1.54, 1.807) is 77.2 Å². The first kappa shape index (κ1) is 100. The molecule has 0 spiro atoms. The van der Waals surface area contributed by atoms with E-state index in [2.05, 4.69) is 51.8 Å². The lowest BCUT2D eigenvalue weighted by Crippen LogP contribution is -2.49. The molecule has 3 amide bonds. The van der Waals surface area contributed by atoms with Crippen LogP contribution in [-0.4, -0.2) is 170 Å². The molecule has 0 saturated carbocycles. The van der Waals surface area contributed by atoms with Crippen molar-refractivity contribution in [3.8, 4) is 86.3 Å². The number of carbonyl (C=O) groups is 3. The van der Waals surface area contributed by atoms with Gasteiger partial charge in [0, 0.05) is 119 Å². The van der Waals surface area contributed by atoms with Crippen molar-refractivity contribution in [3.63, 3.8) is 0 Å². The number of amides is 3. The van der Waals surface area contributed by atoms with E-state index in [-0.39, 0.29) is 179 Å². The number of rotatable bonds is 15. The van der Waals surface area contributed by atoms with Gasteiger partial charge in [-0.25, -0.2) is 32.5 Å². The highest BCUT2D eigenvalue weighted by Gasteiger charge is 2.38. The molecule has 27 nitrogen and oxygen atoms in total. The molecule has 3 fully saturated rings. The van der Waals surface area contributed by atoms with Crippen molar-refractivity contribution in [2.75, 3.05) is 93.2 Å². The minimum absolute atomic E-state index is 0.0250. The van der Waals surface area contributed by atoms with Gasteiger partial charge < -0.3 is 44.7 Å². The highest BCUT2D eigenvalue weighted by Crippen LogP contribution is 2.52. The molecule has 0 unspecified atom stereocenters. The summed E-state index contributed by atoms with van der Waals surface area (Å²) >= 11 is 69.4. The van der Waals surface area contributed by atoms with Crippen molar-refractivity contribution in [1.29, 1.82) is 15.8 Å². The van der Waals surface area contributed by atoms with Crippen LogP contribution >= 0.6 is 128 Å². The third-order valence-corrected chi connectivity index (χ3v) is 27.0. The van der Waals surface area contributed by atoms with E-state index in [9.17, 15) is 68.7 Å². The average Bonchev–Trinajstić information content (AvgIpc) is 0.728. The van der Waals surface area contributed by atoms with Crippen molar-refractivity contribution in [1.82, 2.24) is 58.3 Å². The average molecular weight is 2050 g/mol. The van der Waals surface area contributed by atoms with Gasteiger partial charge in [0.1, 0.15) is 66.9 Å². The van der Waals surface area contributed by atoms with Gasteiger partial charge in [0.15, 0.2) is 40.5 Å². The lowest BCUT2D eigenvalue weighted by molar-refractivity contribution is -0.127. The van der Waals surface area contributed by atoms with Crippen LogP contribution in [0.25, 0.3) is 83.9 Å². The standard InChI is InChI=1S/2C31H25Cl4FN6O3.C31H25Cl3F2N6O3/c1-5-19(43)40-8-10-41(11-9-40)28-16-12-18(32)26(20-21(33)22(34)23(35)29(44)24(20)36)39-30(16)42(31(45)17(28)13-37)27-15(4)6-7-38-25(27)14(2)3;1-5-19(43)40-8-10-41(11-9-40)28-16-12-18(32)26(20-21(33)24(36)23(35)29(44)22(20)34)39-30(16)42(31(45)17(28)13-37)27-15(4)6-7-38-25(27)14(2)3;1-5-19(43)40-8-10-41(11-9-40)28-16-12-18(32)26(20-21(33)24(36)22(34)29(44)23(20)35)39-30(16)42(31(45)17(28)13-37)27-15(4)6-7-38-25(27)14(2)3/h3*5-7,12,14,44H,1,8-11H2,2-4H3. The maximum Gasteiger partial charge on any atom is 0.276 e. The van der Waals surface area contributed by atoms with Crippen molar-refractivity contribution in [2.45, 2.75) is 80.1 Å². The Hall–Kier alpha value is -12.0. The fourth-order valence-electron chi connectivity index (χ4n) is 16.4. The van der Waals surface area contributed by atoms with Crippen LogP contribution in [0.4, 0.5) is 34.6 Å². The molecule has 12 heterocycles. The fourth-order valence-corrected chi connectivity index (χ4v) is 19.2. The topological polar surface area (TPSA) is 346 Å². The summed E-state index contributed by atoms with van der Waals surface area (Å²) in [4.78, 5) is 118. The van der Waals surface area contributed by atoms with E-state index in [1.165, 1.54) is 50.1 Å². The molecule has 3 N–H and O–H groups in total. The lowest BCUT2D eigenvalue weighted by Gasteiger charge is -2.36. The quantitative estimate of drug-likeness (QED) is 0.0371. The predicted octanol–water partition coefficient (Wildman–Crippen LogP) is 20.6. The number of aryl methyl sites for hydroxylation is 3. The smallest absolute Gasteiger partial charge is 0.276 e. The summed E-state index contributed by atoms with van der Waals surface area (Å²) in [5, 5.41) is 58.2. The van der Waals surface area contributed by atoms with Gasteiger partial charge in [0.2, 0.25) is 17.7 Å². The molecule has 3 saturated heterocycles. The molecule has 0 radical (unpaired) electrons. The van der Waals surface area contributed by atoms with E-state index >= 15 is 8.78 Å². The van der Waals surface area contributed by atoms with Gasteiger partial charge >= 0.3 is 0 Å². The number of hydrogen-bond acceptors (Lipinski definition) is 21. The number of aromatic hydroxyl groups is 3. The Balaban J connectivity index is 0.000000171. The zero-order chi connectivity index (χ0) is 98.7. The van der Waals surface area contributed by atoms with Crippen molar-refractivity contribution in [2.24, 2.45) is 0 Å². The van der Waals surface area contributed by atoms with Crippen LogP contribution in [0, 0.1) is 78.0 Å². The van der Waals surface area contributed by atoms with Crippen molar-refractivity contribution >= 4 is 195 Å². The molecule has 3 aliphatic rings. The molecule has 9 aromatic heterocycles. The number of phenols is 3. The molecular formula is C93H75Cl11F4N18O9. The zero-order valence-corrected chi connectivity index (χ0v) is 81.1. The number of fused-ring (bicyclic) bond motifs is 3. The first-order valence-corrected chi connectivity index (χ1v) is 45.3. The molecule has 3 aliphatic heterocycles. The summed E-state index contributed by atoms with van der Waals surface area (Å²) in [6.45, 7) is 30.9. The van der Waals surface area contributed by atoms with Crippen LogP contribution in [0.1, 0.15) is 110 Å². The molecule has 12 aromatic rings. The summed E-state index contributed by atoms with van der Waals surface area (Å²) in [6.07, 6.45) is 8.51. The van der Waals surface area contributed by atoms with Gasteiger partial charge in [-0.15, -0.1) is 0 Å². The van der Waals surface area contributed by atoms with E-state index in [1.807, 2.05) is 57.4 Å². The first-order valence-electron chi connectivity index (χ1n) is 41.1. The normalized spacial score (nSPS) is 13.4. The SMILES string of the molecule is C=CC(=O)N1CCN(c2c(C#N)c(=O)n(-c3c(C)ccnc3C(C)C)c3nc(-c4c(Cl)c(O)c(Cl)c(F)c4Cl)c(Cl)cc23)CC1.C=CC(=O)N1CCN(c2c(C#N)c(=O)n(-c3c(C)ccnc3C(C)C)c3nc(-c4c(F)c(O)c(Cl)c(Cl)c4Cl)c(Cl)cc23)CC1.C=CC(=O)N1CCN(c2c(C#N)c(=O)n(-c3c(C)ccnc3C(C)C)c3nc(-c4c(F)c(O)c(Cl)c(F)c4Cl)c(Cl)cc23)CC1. The number of piperazine rings is 3. The number of aromatic nitrogens is 9. The largest absolute Gasteiger partial charge is 0.505 e. The molecule has 0 atom stereocenters.